The number of hydrogen-bond acceptors (Lipinski definition) is 6. The highest BCUT2D eigenvalue weighted by Crippen LogP contribution is 2.19. The Morgan fingerprint density at radius 2 is 1.77 bits per heavy atom. The summed E-state index contributed by atoms with van der Waals surface area (Å²) in [6, 6.07) is 13.3. The summed E-state index contributed by atoms with van der Waals surface area (Å²) in [4.78, 5) is 13.6. The number of para-hydroxylation sites is 1. The number of esters is 1. The van der Waals surface area contributed by atoms with E-state index in [1.165, 1.54) is 19.2 Å². The molecule has 0 aromatic heterocycles. The Bertz CT molecular complexity index is 905. The summed E-state index contributed by atoms with van der Waals surface area (Å²) in [5.74, 6) is -0.122. The van der Waals surface area contributed by atoms with Gasteiger partial charge in [-0.3, -0.25) is 0 Å². The number of methoxy groups -OCH3 is 1. The number of aryl methyl sites for hydroxylation is 1. The van der Waals surface area contributed by atoms with E-state index in [9.17, 15) is 13.2 Å². The maximum atomic E-state index is 12.3. The van der Waals surface area contributed by atoms with Crippen LogP contribution in [0.2, 0.25) is 0 Å². The molecule has 2 aromatic carbocycles. The molecule has 0 spiro atoms. The lowest BCUT2D eigenvalue weighted by Crippen LogP contribution is -2.20. The van der Waals surface area contributed by atoms with E-state index in [0.29, 0.717) is 17.0 Å². The van der Waals surface area contributed by atoms with Crippen LogP contribution in [0.5, 0.6) is 5.75 Å². The van der Waals surface area contributed by atoms with Crippen molar-refractivity contribution >= 4 is 21.7 Å². The fourth-order valence-electron chi connectivity index (χ4n) is 2.05. The van der Waals surface area contributed by atoms with E-state index in [1.54, 1.807) is 43.3 Å². The quantitative estimate of drug-likeness (QED) is 0.454. The molecule has 0 atom stereocenters. The lowest BCUT2D eigenvalue weighted by atomic mass is 10.1. The van der Waals surface area contributed by atoms with Crippen molar-refractivity contribution in [2.24, 2.45) is 5.10 Å². The van der Waals surface area contributed by atoms with Crippen LogP contribution in [0.3, 0.4) is 0 Å². The second-order valence-electron chi connectivity index (χ2n) is 5.47. The van der Waals surface area contributed by atoms with Crippen molar-refractivity contribution in [3.8, 4) is 5.75 Å². The highest BCUT2D eigenvalue weighted by molar-refractivity contribution is 7.89. The summed E-state index contributed by atoms with van der Waals surface area (Å²) in [6.45, 7) is 3.26. The number of ether oxygens (including phenoxy) is 2. The third-order valence-electron chi connectivity index (χ3n) is 3.51. The zero-order valence-electron chi connectivity index (χ0n) is 14.7. The molecule has 0 bridgehead atoms. The van der Waals surface area contributed by atoms with Crippen molar-refractivity contribution in [3.63, 3.8) is 0 Å². The summed E-state index contributed by atoms with van der Waals surface area (Å²) in [6.07, 6.45) is 0. The van der Waals surface area contributed by atoms with Gasteiger partial charge < -0.3 is 9.47 Å². The van der Waals surface area contributed by atoms with E-state index >= 15 is 0 Å². The van der Waals surface area contributed by atoms with Crippen LogP contribution < -0.4 is 9.57 Å². The zero-order valence-corrected chi connectivity index (χ0v) is 15.5. The Balaban J connectivity index is 2.19. The van der Waals surface area contributed by atoms with Gasteiger partial charge in [0, 0.05) is 5.56 Å². The standard InChI is InChI=1S/C18H20N2O5S/c1-13-8-10-15(11-9-13)26(22,23)20-19-14(2)16-6-4-5-7-17(16)25-12-18(21)24-3/h4-11,20H,12H2,1-3H3/b19-14+. The van der Waals surface area contributed by atoms with E-state index in [4.69, 9.17) is 4.74 Å². The summed E-state index contributed by atoms with van der Waals surface area (Å²) in [5.41, 5.74) is 1.91. The van der Waals surface area contributed by atoms with E-state index in [-0.39, 0.29) is 11.5 Å². The number of carbonyl (C=O) groups is 1. The topological polar surface area (TPSA) is 94.1 Å². The van der Waals surface area contributed by atoms with Crippen LogP contribution in [0.15, 0.2) is 58.5 Å². The highest BCUT2D eigenvalue weighted by atomic mass is 32.2. The molecule has 0 saturated heterocycles. The van der Waals surface area contributed by atoms with Gasteiger partial charge >= 0.3 is 5.97 Å². The maximum absolute atomic E-state index is 12.3. The van der Waals surface area contributed by atoms with Crippen LogP contribution >= 0.6 is 0 Å². The minimum Gasteiger partial charge on any atom is -0.481 e. The smallest absolute Gasteiger partial charge is 0.343 e. The van der Waals surface area contributed by atoms with E-state index in [1.807, 2.05) is 6.92 Å². The molecule has 0 aliphatic heterocycles. The monoisotopic (exact) mass is 376 g/mol. The molecule has 1 N–H and O–H groups in total. The molecule has 0 heterocycles. The number of carbonyl (C=O) groups excluding carboxylic acids is 1. The van der Waals surface area contributed by atoms with Crippen molar-refractivity contribution in [3.05, 3.63) is 59.7 Å². The number of rotatable bonds is 7. The molecule has 2 aromatic rings. The number of hydrogen-bond donors (Lipinski definition) is 1. The van der Waals surface area contributed by atoms with Gasteiger partial charge in [0.1, 0.15) is 5.75 Å². The number of nitrogens with one attached hydrogen (secondary N) is 1. The molecule has 26 heavy (non-hydrogen) atoms. The number of sulfonamides is 1. The van der Waals surface area contributed by atoms with E-state index in [0.717, 1.165) is 5.56 Å². The minimum absolute atomic E-state index is 0.120. The first-order valence-electron chi connectivity index (χ1n) is 7.75. The summed E-state index contributed by atoms with van der Waals surface area (Å²) < 4.78 is 34.6. The average Bonchev–Trinajstić information content (AvgIpc) is 2.64. The molecular formula is C18H20N2O5S. The van der Waals surface area contributed by atoms with Gasteiger partial charge in [0.05, 0.1) is 17.7 Å². The average molecular weight is 376 g/mol. The second-order valence-corrected chi connectivity index (χ2v) is 7.13. The summed E-state index contributed by atoms with van der Waals surface area (Å²) in [5, 5.41) is 3.96. The van der Waals surface area contributed by atoms with Gasteiger partial charge in [-0.1, -0.05) is 29.8 Å². The molecule has 0 radical (unpaired) electrons. The fourth-order valence-corrected chi connectivity index (χ4v) is 2.90. The second kappa shape index (κ2) is 8.48. The van der Waals surface area contributed by atoms with Crippen LogP contribution in [-0.4, -0.2) is 33.8 Å². The van der Waals surface area contributed by atoms with Gasteiger partial charge in [-0.25, -0.2) is 4.79 Å². The third-order valence-corrected chi connectivity index (χ3v) is 4.74. The zero-order chi connectivity index (χ0) is 19.2. The summed E-state index contributed by atoms with van der Waals surface area (Å²) in [7, 11) is -2.51. The number of nitrogens with zero attached hydrogens (tertiary/aromatic N) is 1. The van der Waals surface area contributed by atoms with Crippen LogP contribution in [0.4, 0.5) is 0 Å². The van der Waals surface area contributed by atoms with Gasteiger partial charge in [-0.05, 0) is 38.1 Å². The highest BCUT2D eigenvalue weighted by Gasteiger charge is 2.14. The van der Waals surface area contributed by atoms with Crippen LogP contribution in [-0.2, 0) is 19.6 Å². The fraction of sp³-hybridized carbons (Fsp3) is 0.222. The first-order valence-corrected chi connectivity index (χ1v) is 9.23. The lowest BCUT2D eigenvalue weighted by Gasteiger charge is -2.11. The molecule has 2 rings (SSSR count). The minimum atomic E-state index is -3.78. The van der Waals surface area contributed by atoms with Crippen LogP contribution in [0.25, 0.3) is 0 Å². The Hall–Kier alpha value is -2.87. The Labute approximate surface area is 152 Å². The Morgan fingerprint density at radius 1 is 1.12 bits per heavy atom. The molecular weight excluding hydrogens is 356 g/mol. The third kappa shape index (κ3) is 5.06. The largest absolute Gasteiger partial charge is 0.481 e. The van der Waals surface area contributed by atoms with Crippen molar-refractivity contribution in [2.75, 3.05) is 13.7 Å². The number of benzene rings is 2. The van der Waals surface area contributed by atoms with E-state index in [2.05, 4.69) is 14.7 Å². The summed E-state index contributed by atoms with van der Waals surface area (Å²) >= 11 is 0. The van der Waals surface area contributed by atoms with Gasteiger partial charge in [0.25, 0.3) is 10.0 Å². The van der Waals surface area contributed by atoms with E-state index < -0.39 is 16.0 Å². The first-order chi connectivity index (χ1) is 12.3. The predicted octanol–water partition coefficient (Wildman–Crippen LogP) is 2.25. The maximum Gasteiger partial charge on any atom is 0.343 e. The van der Waals surface area contributed by atoms with Crippen LogP contribution in [0, 0.1) is 6.92 Å². The predicted molar refractivity (Wildman–Crippen MR) is 97.7 cm³/mol. The van der Waals surface area contributed by atoms with Gasteiger partial charge in [0.2, 0.25) is 0 Å². The van der Waals surface area contributed by atoms with Crippen molar-refractivity contribution < 1.29 is 22.7 Å². The normalized spacial score (nSPS) is 11.7. The first kappa shape index (κ1) is 19.5. The molecule has 0 aliphatic rings. The lowest BCUT2D eigenvalue weighted by molar-refractivity contribution is -0.142. The molecule has 7 nitrogen and oxygen atoms in total. The molecule has 8 heteroatoms. The molecule has 138 valence electrons. The molecule has 0 amide bonds. The Kier molecular flexibility index (Phi) is 6.35. The Morgan fingerprint density at radius 3 is 2.42 bits per heavy atom. The van der Waals surface area contributed by atoms with Gasteiger partial charge in [-0.2, -0.15) is 18.4 Å². The molecule has 0 saturated carbocycles. The van der Waals surface area contributed by atoms with Gasteiger partial charge in [0.15, 0.2) is 6.61 Å². The molecule has 0 fully saturated rings. The van der Waals surface area contributed by atoms with Crippen molar-refractivity contribution in [1.29, 1.82) is 0 Å². The van der Waals surface area contributed by atoms with Crippen molar-refractivity contribution in [2.45, 2.75) is 18.7 Å². The van der Waals surface area contributed by atoms with Crippen molar-refractivity contribution in [1.82, 2.24) is 4.83 Å². The SMILES string of the molecule is COC(=O)COc1ccccc1/C(C)=N/NS(=O)(=O)c1ccc(C)cc1. The number of hydrazone groups is 1. The molecule has 0 aliphatic carbocycles. The van der Waals surface area contributed by atoms with Crippen LogP contribution in [0.1, 0.15) is 18.1 Å². The van der Waals surface area contributed by atoms with Gasteiger partial charge in [-0.15, -0.1) is 0 Å². The molecule has 0 unspecified atom stereocenters.